The van der Waals surface area contributed by atoms with E-state index >= 15 is 0 Å². The van der Waals surface area contributed by atoms with Gasteiger partial charge in [-0.25, -0.2) is 9.79 Å². The zero-order valence-electron chi connectivity index (χ0n) is 18.8. The summed E-state index contributed by atoms with van der Waals surface area (Å²) >= 11 is 7.23. The van der Waals surface area contributed by atoms with Crippen molar-refractivity contribution in [3.8, 4) is 0 Å². The molecule has 0 bridgehead atoms. The molecule has 3 aromatic rings. The fraction of sp³-hybridized carbons (Fsp3) is 0.154. The first kappa shape index (κ1) is 24.5. The molecule has 3 aromatic carbocycles. The van der Waals surface area contributed by atoms with Crippen molar-refractivity contribution in [3.05, 3.63) is 95.0 Å². The van der Waals surface area contributed by atoms with Crippen LogP contribution in [0.15, 0.2) is 83.9 Å². The van der Waals surface area contributed by atoms with Crippen LogP contribution in [0.25, 0.3) is 0 Å². The maximum absolute atomic E-state index is 13.2. The number of rotatable bonds is 6. The molecule has 0 radical (unpaired) electrons. The first-order valence-electron chi connectivity index (χ1n) is 10.8. The molecule has 1 aliphatic rings. The predicted octanol–water partition coefficient (Wildman–Crippen LogP) is 5.29. The van der Waals surface area contributed by atoms with Crippen LogP contribution in [-0.4, -0.2) is 40.2 Å². The van der Waals surface area contributed by atoms with E-state index in [1.165, 1.54) is 18.9 Å². The van der Waals surface area contributed by atoms with E-state index in [0.717, 1.165) is 5.56 Å². The highest BCUT2D eigenvalue weighted by Gasteiger charge is 2.36. The second-order valence-electron chi connectivity index (χ2n) is 7.71. The molecule has 4 rings (SSSR count). The minimum Gasteiger partial charge on any atom is -0.465 e. The molecule has 178 valence electrons. The van der Waals surface area contributed by atoms with E-state index < -0.39 is 11.2 Å². The summed E-state index contributed by atoms with van der Waals surface area (Å²) in [5.41, 5.74) is 2.47. The number of anilines is 1. The number of carbonyl (C=O) groups excluding carboxylic acids is 3. The number of methoxy groups -OCH3 is 1. The molecule has 1 atom stereocenters. The summed E-state index contributed by atoms with van der Waals surface area (Å²) in [4.78, 5) is 44.1. The maximum Gasteiger partial charge on any atom is 0.337 e. The molecule has 1 fully saturated rings. The lowest BCUT2D eigenvalue weighted by Crippen LogP contribution is -2.44. The number of esters is 1. The number of amidine groups is 1. The third-order valence-electron chi connectivity index (χ3n) is 5.24. The molecule has 7 nitrogen and oxygen atoms in total. The lowest BCUT2D eigenvalue weighted by Gasteiger charge is -2.32. The number of ether oxygens (including phenoxy) is 1. The van der Waals surface area contributed by atoms with Crippen molar-refractivity contribution in [1.29, 1.82) is 0 Å². The number of amides is 2. The van der Waals surface area contributed by atoms with Crippen LogP contribution in [0.2, 0.25) is 5.02 Å². The molecular formula is C26H22ClN3O4S. The van der Waals surface area contributed by atoms with Crippen LogP contribution in [0.3, 0.4) is 0 Å². The average molecular weight is 508 g/mol. The van der Waals surface area contributed by atoms with Crippen LogP contribution >= 0.6 is 23.4 Å². The Morgan fingerprint density at radius 1 is 1.06 bits per heavy atom. The number of benzene rings is 3. The number of hydrogen-bond donors (Lipinski definition) is 1. The number of halogens is 1. The number of thioether (sulfide) groups is 1. The van der Waals surface area contributed by atoms with E-state index in [-0.39, 0.29) is 18.2 Å². The van der Waals surface area contributed by atoms with E-state index in [9.17, 15) is 14.4 Å². The van der Waals surface area contributed by atoms with Gasteiger partial charge in [0.1, 0.15) is 5.25 Å². The molecule has 0 unspecified atom stereocenters. The van der Waals surface area contributed by atoms with Crippen LogP contribution in [0.4, 0.5) is 11.4 Å². The van der Waals surface area contributed by atoms with Crippen molar-refractivity contribution in [2.75, 3.05) is 12.4 Å². The van der Waals surface area contributed by atoms with Crippen molar-refractivity contribution >= 4 is 57.7 Å². The quantitative estimate of drug-likeness (QED) is 0.458. The second kappa shape index (κ2) is 11.2. The largest absolute Gasteiger partial charge is 0.465 e. The van der Waals surface area contributed by atoms with E-state index in [2.05, 4.69) is 10.3 Å². The van der Waals surface area contributed by atoms with Gasteiger partial charge >= 0.3 is 5.97 Å². The molecule has 35 heavy (non-hydrogen) atoms. The Bertz CT molecular complexity index is 1250. The van der Waals surface area contributed by atoms with Gasteiger partial charge in [0, 0.05) is 17.1 Å². The second-order valence-corrected chi connectivity index (χ2v) is 9.31. The van der Waals surface area contributed by atoms with E-state index in [0.29, 0.717) is 33.7 Å². The minimum absolute atomic E-state index is 0.0310. The summed E-state index contributed by atoms with van der Waals surface area (Å²) < 4.78 is 4.69. The van der Waals surface area contributed by atoms with E-state index in [1.54, 1.807) is 53.4 Å². The number of nitrogens with zero attached hydrogens (tertiary/aromatic N) is 2. The van der Waals surface area contributed by atoms with E-state index in [4.69, 9.17) is 16.3 Å². The Balaban J connectivity index is 1.55. The Hall–Kier alpha value is -3.62. The zero-order valence-corrected chi connectivity index (χ0v) is 20.4. The number of carbonyl (C=O) groups is 3. The van der Waals surface area contributed by atoms with Crippen molar-refractivity contribution < 1.29 is 19.1 Å². The van der Waals surface area contributed by atoms with Gasteiger partial charge < -0.3 is 10.1 Å². The number of hydrogen-bond acceptors (Lipinski definition) is 6. The SMILES string of the molecule is COC(=O)c1ccc(NC(=O)[C@H]2CC(=O)N(Cc3ccccc3)C(=Nc3ccc(Cl)cc3)S2)cc1. The predicted molar refractivity (Wildman–Crippen MR) is 138 cm³/mol. The van der Waals surface area contributed by atoms with Crippen molar-refractivity contribution in [1.82, 2.24) is 4.90 Å². The summed E-state index contributed by atoms with van der Waals surface area (Å²) in [7, 11) is 1.31. The van der Waals surface area contributed by atoms with Crippen molar-refractivity contribution in [2.24, 2.45) is 4.99 Å². The van der Waals surface area contributed by atoms with Gasteiger partial charge in [0.2, 0.25) is 11.8 Å². The Kier molecular flexibility index (Phi) is 7.84. The topological polar surface area (TPSA) is 88.1 Å². The molecule has 1 heterocycles. The van der Waals surface area contributed by atoms with Crippen molar-refractivity contribution in [3.63, 3.8) is 0 Å². The maximum atomic E-state index is 13.2. The Labute approximate surface area is 212 Å². The number of nitrogens with one attached hydrogen (secondary N) is 1. The highest BCUT2D eigenvalue weighted by Crippen LogP contribution is 2.31. The fourth-order valence-corrected chi connectivity index (χ4v) is 4.64. The molecular weight excluding hydrogens is 486 g/mol. The smallest absolute Gasteiger partial charge is 0.337 e. The highest BCUT2D eigenvalue weighted by molar-refractivity contribution is 8.15. The summed E-state index contributed by atoms with van der Waals surface area (Å²) in [6.07, 6.45) is 0.0310. The average Bonchev–Trinajstić information content (AvgIpc) is 2.87. The number of aliphatic imine (C=N–C) groups is 1. The van der Waals surface area contributed by atoms with Gasteiger partial charge in [-0.2, -0.15) is 0 Å². The molecule has 0 aromatic heterocycles. The fourth-order valence-electron chi connectivity index (χ4n) is 3.42. The standard InChI is InChI=1S/C26H22ClN3O4S/c1-34-25(33)18-7-11-20(12-8-18)28-24(32)22-15-23(31)30(16-17-5-3-2-4-6-17)26(35-22)29-21-13-9-19(27)10-14-21/h2-14,22H,15-16H2,1H3,(H,28,32)/t22-/m1/s1. The highest BCUT2D eigenvalue weighted by atomic mass is 35.5. The Morgan fingerprint density at radius 2 is 1.74 bits per heavy atom. The van der Waals surface area contributed by atoms with Crippen molar-refractivity contribution in [2.45, 2.75) is 18.2 Å². The van der Waals surface area contributed by atoms with Gasteiger partial charge in [-0.1, -0.05) is 53.7 Å². The lowest BCUT2D eigenvalue weighted by atomic mass is 10.2. The summed E-state index contributed by atoms with van der Waals surface area (Å²) in [6.45, 7) is 0.350. The molecule has 0 spiro atoms. The van der Waals surface area contributed by atoms with Crippen LogP contribution in [0, 0.1) is 0 Å². The van der Waals surface area contributed by atoms with Crippen LogP contribution < -0.4 is 5.32 Å². The van der Waals surface area contributed by atoms with Crippen LogP contribution in [0.5, 0.6) is 0 Å². The molecule has 1 N–H and O–H groups in total. The summed E-state index contributed by atoms with van der Waals surface area (Å²) in [6, 6.07) is 22.9. The van der Waals surface area contributed by atoms with Gasteiger partial charge in [-0.15, -0.1) is 0 Å². The first-order chi connectivity index (χ1) is 16.9. The van der Waals surface area contributed by atoms with Crippen LogP contribution in [-0.2, 0) is 20.9 Å². The lowest BCUT2D eigenvalue weighted by molar-refractivity contribution is -0.129. The van der Waals surface area contributed by atoms with Gasteiger partial charge in [-0.05, 0) is 54.1 Å². The van der Waals surface area contributed by atoms with Gasteiger partial charge in [-0.3, -0.25) is 14.5 Å². The summed E-state index contributed by atoms with van der Waals surface area (Å²) in [5, 5.41) is 3.17. The van der Waals surface area contributed by atoms with Crippen LogP contribution in [0.1, 0.15) is 22.3 Å². The molecule has 1 aliphatic heterocycles. The molecule has 9 heteroatoms. The summed E-state index contributed by atoms with van der Waals surface area (Å²) in [5.74, 6) is -0.975. The molecule has 2 amide bonds. The zero-order chi connectivity index (χ0) is 24.8. The molecule has 0 saturated carbocycles. The third-order valence-corrected chi connectivity index (χ3v) is 6.68. The monoisotopic (exact) mass is 507 g/mol. The molecule has 0 aliphatic carbocycles. The first-order valence-corrected chi connectivity index (χ1v) is 12.0. The van der Waals surface area contributed by atoms with Gasteiger partial charge in [0.25, 0.3) is 0 Å². The third kappa shape index (κ3) is 6.29. The van der Waals surface area contributed by atoms with Gasteiger partial charge in [0.15, 0.2) is 5.17 Å². The minimum atomic E-state index is -0.666. The normalized spacial score (nSPS) is 16.7. The van der Waals surface area contributed by atoms with Gasteiger partial charge in [0.05, 0.1) is 24.9 Å². The Morgan fingerprint density at radius 3 is 2.40 bits per heavy atom. The van der Waals surface area contributed by atoms with E-state index in [1.807, 2.05) is 30.3 Å². The molecule has 1 saturated heterocycles.